The Labute approximate surface area is 211 Å². The molecule has 1 aliphatic heterocycles. The SMILES string of the molecule is Cc1cc([C@@H]2[C@@H](c3ccccn3)NC(=S)N2c2ccc(OC(C)C)cc2)c(C)n1-c1cccnc1. The Bertz CT molecular complexity index is 1320. The van der Waals surface area contributed by atoms with Crippen LogP contribution in [0.15, 0.2) is 79.3 Å². The fraction of sp³-hybridized carbons (Fsp3) is 0.250. The summed E-state index contributed by atoms with van der Waals surface area (Å²) in [6.45, 7) is 8.34. The van der Waals surface area contributed by atoms with E-state index in [9.17, 15) is 0 Å². The molecule has 2 atom stereocenters. The van der Waals surface area contributed by atoms with E-state index in [1.54, 1.807) is 6.20 Å². The maximum Gasteiger partial charge on any atom is 0.174 e. The van der Waals surface area contributed by atoms with E-state index in [1.807, 2.05) is 56.6 Å². The van der Waals surface area contributed by atoms with Crippen LogP contribution in [0.4, 0.5) is 5.69 Å². The molecule has 0 radical (unpaired) electrons. The minimum absolute atomic E-state index is 0.0779. The van der Waals surface area contributed by atoms with Crippen LogP contribution in [0.1, 0.15) is 48.6 Å². The van der Waals surface area contributed by atoms with E-state index in [0.717, 1.165) is 34.2 Å². The number of nitrogens with zero attached hydrogens (tertiary/aromatic N) is 4. The van der Waals surface area contributed by atoms with E-state index in [1.165, 1.54) is 5.56 Å². The number of thiocarbonyl (C=S) groups is 1. The summed E-state index contributed by atoms with van der Waals surface area (Å²) < 4.78 is 8.11. The Balaban J connectivity index is 1.62. The lowest BCUT2D eigenvalue weighted by atomic mass is 9.96. The van der Waals surface area contributed by atoms with Gasteiger partial charge in [-0.05, 0) is 100 Å². The van der Waals surface area contributed by atoms with Gasteiger partial charge < -0.3 is 19.5 Å². The molecule has 3 aromatic heterocycles. The molecule has 1 aromatic carbocycles. The maximum absolute atomic E-state index is 5.89. The maximum atomic E-state index is 5.89. The Hall–Kier alpha value is -3.71. The molecule has 4 aromatic rings. The first-order chi connectivity index (χ1) is 16.9. The molecule has 6 nitrogen and oxygen atoms in total. The standard InChI is InChI=1S/C28H29N5OS/c1-18(2)34-23-12-10-21(11-13-23)33-27(26(31-28(33)35)25-9-5-6-15-30-25)24-16-19(3)32(20(24)4)22-8-7-14-29-17-22/h5-18,26-27H,1-4H3,(H,31,35)/t26-,27-/m1/s1. The van der Waals surface area contributed by atoms with Crippen molar-refractivity contribution in [2.45, 2.75) is 45.9 Å². The molecule has 0 amide bonds. The minimum Gasteiger partial charge on any atom is -0.491 e. The number of aryl methyl sites for hydroxylation is 1. The summed E-state index contributed by atoms with van der Waals surface area (Å²) in [6, 6.07) is 20.3. The van der Waals surface area contributed by atoms with Gasteiger partial charge in [-0.3, -0.25) is 9.97 Å². The van der Waals surface area contributed by atoms with Gasteiger partial charge >= 0.3 is 0 Å². The second kappa shape index (κ2) is 9.50. The lowest BCUT2D eigenvalue weighted by Crippen LogP contribution is -2.29. The van der Waals surface area contributed by atoms with Crippen LogP contribution in [0.2, 0.25) is 0 Å². The van der Waals surface area contributed by atoms with Crippen molar-refractivity contribution in [2.24, 2.45) is 0 Å². The van der Waals surface area contributed by atoms with Crippen LogP contribution in [-0.2, 0) is 0 Å². The monoisotopic (exact) mass is 483 g/mol. The molecule has 0 saturated carbocycles. The second-order valence-electron chi connectivity index (χ2n) is 9.03. The molecule has 1 N–H and O–H groups in total. The predicted octanol–water partition coefficient (Wildman–Crippen LogP) is 5.85. The van der Waals surface area contributed by atoms with Crippen LogP contribution in [0, 0.1) is 13.8 Å². The zero-order chi connectivity index (χ0) is 24.5. The largest absolute Gasteiger partial charge is 0.491 e. The van der Waals surface area contributed by atoms with Gasteiger partial charge in [0, 0.05) is 29.5 Å². The normalized spacial score (nSPS) is 17.6. The molecule has 4 heterocycles. The highest BCUT2D eigenvalue weighted by atomic mass is 32.1. The van der Waals surface area contributed by atoms with Gasteiger partial charge in [-0.2, -0.15) is 0 Å². The lowest BCUT2D eigenvalue weighted by molar-refractivity contribution is 0.242. The van der Waals surface area contributed by atoms with Crippen LogP contribution in [0.25, 0.3) is 5.69 Å². The highest BCUT2D eigenvalue weighted by molar-refractivity contribution is 7.80. The topological polar surface area (TPSA) is 55.2 Å². The molecule has 35 heavy (non-hydrogen) atoms. The van der Waals surface area contributed by atoms with Crippen molar-refractivity contribution in [3.8, 4) is 11.4 Å². The quantitative estimate of drug-likeness (QED) is 0.347. The van der Waals surface area contributed by atoms with Gasteiger partial charge in [0.1, 0.15) is 5.75 Å². The Morgan fingerprint density at radius 3 is 2.43 bits per heavy atom. The van der Waals surface area contributed by atoms with Gasteiger partial charge in [0.25, 0.3) is 0 Å². The Morgan fingerprint density at radius 2 is 1.77 bits per heavy atom. The summed E-state index contributed by atoms with van der Waals surface area (Å²) >= 11 is 5.89. The van der Waals surface area contributed by atoms with Crippen molar-refractivity contribution in [2.75, 3.05) is 4.90 Å². The molecular formula is C28H29N5OS. The summed E-state index contributed by atoms with van der Waals surface area (Å²) in [4.78, 5) is 11.2. The number of nitrogens with one attached hydrogen (secondary N) is 1. The molecule has 0 unspecified atom stereocenters. The molecule has 178 valence electrons. The average molecular weight is 484 g/mol. The molecule has 1 fully saturated rings. The first kappa shape index (κ1) is 23.1. The molecule has 7 heteroatoms. The first-order valence-electron chi connectivity index (χ1n) is 11.8. The van der Waals surface area contributed by atoms with Crippen LogP contribution in [0.3, 0.4) is 0 Å². The van der Waals surface area contributed by atoms with Gasteiger partial charge in [0.05, 0.1) is 35.8 Å². The summed E-state index contributed by atoms with van der Waals surface area (Å²) in [5.41, 5.74) is 6.48. The summed E-state index contributed by atoms with van der Waals surface area (Å²) in [5.74, 6) is 0.842. The number of benzene rings is 1. The van der Waals surface area contributed by atoms with E-state index < -0.39 is 0 Å². The van der Waals surface area contributed by atoms with Crippen molar-refractivity contribution in [1.29, 1.82) is 0 Å². The molecule has 0 spiro atoms. The van der Waals surface area contributed by atoms with Crippen LogP contribution >= 0.6 is 12.2 Å². The van der Waals surface area contributed by atoms with Gasteiger partial charge in [-0.25, -0.2) is 0 Å². The van der Waals surface area contributed by atoms with Crippen molar-refractivity contribution in [3.05, 3.63) is 102 Å². The Morgan fingerprint density at radius 1 is 0.971 bits per heavy atom. The molecule has 1 aliphatic rings. The fourth-order valence-electron chi connectivity index (χ4n) is 4.88. The third-order valence-electron chi connectivity index (χ3n) is 6.28. The molecular weight excluding hydrogens is 454 g/mol. The number of hydrogen-bond donors (Lipinski definition) is 1. The smallest absolute Gasteiger partial charge is 0.174 e. The number of anilines is 1. The van der Waals surface area contributed by atoms with Crippen molar-refractivity contribution >= 4 is 23.0 Å². The zero-order valence-electron chi connectivity index (χ0n) is 20.3. The van der Waals surface area contributed by atoms with Gasteiger partial charge in [0.15, 0.2) is 5.11 Å². The van der Waals surface area contributed by atoms with E-state index in [-0.39, 0.29) is 18.2 Å². The number of aromatic nitrogens is 3. The number of hydrogen-bond acceptors (Lipinski definition) is 4. The van der Waals surface area contributed by atoms with Crippen LogP contribution < -0.4 is 15.0 Å². The van der Waals surface area contributed by atoms with Crippen molar-refractivity contribution in [1.82, 2.24) is 19.9 Å². The molecule has 0 aliphatic carbocycles. The van der Waals surface area contributed by atoms with Gasteiger partial charge in [-0.15, -0.1) is 0 Å². The van der Waals surface area contributed by atoms with Gasteiger partial charge in [-0.1, -0.05) is 6.07 Å². The summed E-state index contributed by atoms with van der Waals surface area (Å²) in [6.07, 6.45) is 5.64. The highest BCUT2D eigenvalue weighted by Gasteiger charge is 2.42. The second-order valence-corrected chi connectivity index (χ2v) is 9.42. The fourth-order valence-corrected chi connectivity index (χ4v) is 5.22. The van der Waals surface area contributed by atoms with Gasteiger partial charge in [0.2, 0.25) is 0 Å². The van der Waals surface area contributed by atoms with Crippen molar-refractivity contribution in [3.63, 3.8) is 0 Å². The molecule has 1 saturated heterocycles. The first-order valence-corrected chi connectivity index (χ1v) is 12.2. The number of pyridine rings is 2. The molecule has 5 rings (SSSR count). The third-order valence-corrected chi connectivity index (χ3v) is 6.59. The minimum atomic E-state index is -0.0989. The third kappa shape index (κ3) is 4.39. The van der Waals surface area contributed by atoms with Crippen LogP contribution in [0.5, 0.6) is 5.75 Å². The highest BCUT2D eigenvalue weighted by Crippen LogP contribution is 2.44. The van der Waals surface area contributed by atoms with E-state index in [4.69, 9.17) is 17.0 Å². The number of rotatable bonds is 6. The van der Waals surface area contributed by atoms with Crippen molar-refractivity contribution < 1.29 is 4.74 Å². The Kier molecular flexibility index (Phi) is 6.26. The lowest BCUT2D eigenvalue weighted by Gasteiger charge is -2.28. The number of ether oxygens (including phenoxy) is 1. The zero-order valence-corrected chi connectivity index (χ0v) is 21.2. The molecule has 0 bridgehead atoms. The predicted molar refractivity (Wildman–Crippen MR) is 143 cm³/mol. The summed E-state index contributed by atoms with van der Waals surface area (Å²) in [5, 5.41) is 4.23. The van der Waals surface area contributed by atoms with E-state index in [0.29, 0.717) is 5.11 Å². The van der Waals surface area contributed by atoms with Crippen LogP contribution in [-0.4, -0.2) is 25.8 Å². The average Bonchev–Trinajstić information content (AvgIpc) is 3.35. The van der Waals surface area contributed by atoms with E-state index >= 15 is 0 Å². The summed E-state index contributed by atoms with van der Waals surface area (Å²) in [7, 11) is 0. The van der Waals surface area contributed by atoms with E-state index in [2.05, 4.69) is 68.9 Å².